The average molecular weight is 402 g/mol. The van der Waals surface area contributed by atoms with Crippen molar-refractivity contribution in [1.29, 1.82) is 0 Å². The van der Waals surface area contributed by atoms with E-state index in [-0.39, 0.29) is 0 Å². The molecule has 1 fully saturated rings. The largest absolute Gasteiger partial charge is 0.508 e. The molecule has 0 spiro atoms. The molecule has 6 heteroatoms. The molecule has 1 aliphatic rings. The van der Waals surface area contributed by atoms with Gasteiger partial charge in [0.2, 0.25) is 0 Å². The van der Waals surface area contributed by atoms with Crippen LogP contribution in [0.3, 0.4) is 0 Å². The van der Waals surface area contributed by atoms with E-state index in [1.54, 1.807) is 12.3 Å². The van der Waals surface area contributed by atoms with E-state index in [2.05, 4.69) is 32.1 Å². The lowest BCUT2D eigenvalue weighted by Gasteiger charge is -2.32. The third-order valence-electron chi connectivity index (χ3n) is 5.66. The number of phenols is 1. The molecule has 0 atom stereocenters. The van der Waals surface area contributed by atoms with Crippen molar-refractivity contribution < 1.29 is 5.11 Å². The maximum atomic E-state index is 9.71. The molecule has 0 amide bonds. The maximum Gasteiger partial charge on any atom is 0.115 e. The number of aromatic nitrogens is 1. The maximum absolute atomic E-state index is 9.71. The number of likely N-dealkylation sites (tertiary alicyclic amines) is 1. The van der Waals surface area contributed by atoms with Gasteiger partial charge in [-0.05, 0) is 80.7 Å². The number of pyridine rings is 1. The van der Waals surface area contributed by atoms with Crippen LogP contribution >= 0.6 is 0 Å². The average Bonchev–Trinajstić information content (AvgIpc) is 2.77. The first-order chi connectivity index (χ1) is 14.6. The molecule has 1 saturated heterocycles. The van der Waals surface area contributed by atoms with Crippen LogP contribution in [-0.2, 0) is 0 Å². The van der Waals surface area contributed by atoms with Crippen molar-refractivity contribution in [2.75, 3.05) is 19.6 Å². The quantitative estimate of drug-likeness (QED) is 0.382. The minimum atomic E-state index is 0.336. The number of phenolic OH excluding ortho intramolecular Hbond substituents is 1. The monoisotopic (exact) mass is 401 g/mol. The predicted molar refractivity (Wildman–Crippen MR) is 123 cm³/mol. The minimum absolute atomic E-state index is 0.336. The second-order valence-electron chi connectivity index (χ2n) is 7.85. The molecule has 4 rings (SSSR count). The van der Waals surface area contributed by atoms with Gasteiger partial charge < -0.3 is 10.9 Å². The van der Waals surface area contributed by atoms with Crippen molar-refractivity contribution >= 4 is 28.5 Å². The molecule has 3 aromatic rings. The van der Waals surface area contributed by atoms with Crippen molar-refractivity contribution in [3.8, 4) is 5.75 Å². The predicted octanol–water partition coefficient (Wildman–Crippen LogP) is 4.15. The second-order valence-corrected chi connectivity index (χ2v) is 7.85. The molecule has 30 heavy (non-hydrogen) atoms. The van der Waals surface area contributed by atoms with Crippen LogP contribution in [0.5, 0.6) is 5.75 Å². The molecule has 1 aliphatic heterocycles. The molecule has 0 saturated carbocycles. The van der Waals surface area contributed by atoms with Crippen LogP contribution in [0.4, 0.5) is 5.69 Å². The first kappa shape index (κ1) is 20.0. The summed E-state index contributed by atoms with van der Waals surface area (Å²) in [5, 5.41) is 14.7. The Balaban J connectivity index is 1.35. The molecular weight excluding hydrogens is 374 g/mol. The van der Waals surface area contributed by atoms with E-state index in [0.29, 0.717) is 18.2 Å². The Labute approximate surface area is 176 Å². The minimum Gasteiger partial charge on any atom is -0.508 e. The van der Waals surface area contributed by atoms with E-state index in [4.69, 9.17) is 5.84 Å². The Morgan fingerprint density at radius 1 is 1.17 bits per heavy atom. The number of aliphatic imine (C=N–C) groups is 1. The van der Waals surface area contributed by atoms with Crippen molar-refractivity contribution in [2.24, 2.45) is 15.9 Å². The lowest BCUT2D eigenvalue weighted by molar-refractivity contribution is 0.239. The summed E-state index contributed by atoms with van der Waals surface area (Å²) in [6.45, 7) is 4.60. The Morgan fingerprint density at radius 2 is 2.00 bits per heavy atom. The Bertz CT molecular complexity index is 1080. The summed E-state index contributed by atoms with van der Waals surface area (Å²) in [5.74, 6) is 6.45. The summed E-state index contributed by atoms with van der Waals surface area (Å²) in [7, 11) is 0. The number of benzene rings is 2. The first-order valence-corrected chi connectivity index (χ1v) is 10.3. The number of fused-ring (bicyclic) bond motifs is 1. The fourth-order valence-corrected chi connectivity index (χ4v) is 3.99. The van der Waals surface area contributed by atoms with Gasteiger partial charge in [0, 0.05) is 17.6 Å². The highest BCUT2D eigenvalue weighted by Gasteiger charge is 2.21. The van der Waals surface area contributed by atoms with Gasteiger partial charge in [-0.25, -0.2) is 0 Å². The highest BCUT2D eigenvalue weighted by atomic mass is 16.3. The van der Waals surface area contributed by atoms with E-state index >= 15 is 0 Å². The van der Waals surface area contributed by atoms with Gasteiger partial charge in [-0.15, -0.1) is 0 Å². The zero-order valence-electron chi connectivity index (χ0n) is 17.2. The number of nitrogens with zero attached hydrogens (tertiary/aromatic N) is 4. The van der Waals surface area contributed by atoms with Crippen LogP contribution < -0.4 is 5.84 Å². The van der Waals surface area contributed by atoms with Gasteiger partial charge in [0.25, 0.3) is 0 Å². The molecule has 2 heterocycles. The number of aryl methyl sites for hydroxylation is 1. The topological polar surface area (TPSA) is 87.1 Å². The molecule has 0 aliphatic carbocycles. The van der Waals surface area contributed by atoms with Crippen molar-refractivity contribution in [3.05, 3.63) is 65.9 Å². The number of aromatic hydroxyl groups is 1. The normalized spacial score (nSPS) is 16.5. The zero-order chi connectivity index (χ0) is 20.9. The molecule has 0 bridgehead atoms. The summed E-state index contributed by atoms with van der Waals surface area (Å²) in [5.41, 5.74) is 4.80. The van der Waals surface area contributed by atoms with Gasteiger partial charge >= 0.3 is 0 Å². The number of piperidine rings is 1. The first-order valence-electron chi connectivity index (χ1n) is 10.3. The zero-order valence-corrected chi connectivity index (χ0v) is 17.2. The summed E-state index contributed by atoms with van der Waals surface area (Å²) < 4.78 is 0. The summed E-state index contributed by atoms with van der Waals surface area (Å²) in [6, 6.07) is 17.6. The fraction of sp³-hybridized carbons (Fsp3) is 0.292. The molecule has 6 nitrogen and oxygen atoms in total. The van der Waals surface area contributed by atoms with E-state index in [9.17, 15) is 5.11 Å². The Hall–Kier alpha value is -3.25. The van der Waals surface area contributed by atoms with Crippen LogP contribution in [0, 0.1) is 6.92 Å². The van der Waals surface area contributed by atoms with Crippen LogP contribution in [-0.4, -0.2) is 46.6 Å². The van der Waals surface area contributed by atoms with Gasteiger partial charge in [-0.1, -0.05) is 18.2 Å². The number of hydrazone groups is 1. The number of hydrogen-bond donors (Lipinski definition) is 2. The van der Waals surface area contributed by atoms with Gasteiger partial charge in [0.15, 0.2) is 0 Å². The third kappa shape index (κ3) is 4.83. The van der Waals surface area contributed by atoms with E-state index in [1.807, 2.05) is 43.3 Å². The highest BCUT2D eigenvalue weighted by molar-refractivity contribution is 6.32. The van der Waals surface area contributed by atoms with Gasteiger partial charge in [0.05, 0.1) is 23.1 Å². The molecule has 0 radical (unpaired) electrons. The van der Waals surface area contributed by atoms with E-state index < -0.39 is 0 Å². The molecule has 154 valence electrons. The highest BCUT2D eigenvalue weighted by Crippen LogP contribution is 2.29. The fourth-order valence-electron chi connectivity index (χ4n) is 3.99. The Kier molecular flexibility index (Phi) is 6.05. The van der Waals surface area contributed by atoms with Crippen LogP contribution in [0.2, 0.25) is 0 Å². The lowest BCUT2D eigenvalue weighted by atomic mass is 9.89. The van der Waals surface area contributed by atoms with Gasteiger partial charge in [0.1, 0.15) is 5.75 Å². The van der Waals surface area contributed by atoms with E-state index in [0.717, 1.165) is 53.9 Å². The molecule has 2 aromatic carbocycles. The van der Waals surface area contributed by atoms with Gasteiger partial charge in [-0.2, -0.15) is 5.10 Å². The lowest BCUT2D eigenvalue weighted by Crippen LogP contribution is -2.37. The standard InChI is InChI=1S/C24H27N5O/c1-17-5-6-20-13-21(7-8-24(20)27-17)26-15-22(28-25)16-29-11-9-18(10-12-29)19-3-2-4-23(30)14-19/h2-8,13-15,18,30H,9-12,16,25H2,1H3. The summed E-state index contributed by atoms with van der Waals surface area (Å²) in [4.78, 5) is 11.4. The van der Waals surface area contributed by atoms with Gasteiger partial charge in [-0.3, -0.25) is 14.9 Å². The Morgan fingerprint density at radius 3 is 2.77 bits per heavy atom. The van der Waals surface area contributed by atoms with E-state index in [1.165, 1.54) is 5.56 Å². The van der Waals surface area contributed by atoms with Crippen LogP contribution in [0.1, 0.15) is 30.0 Å². The SMILES string of the molecule is Cc1ccc2cc(N=CC(CN3CCC(c4cccc(O)c4)CC3)=NN)ccc2n1. The third-order valence-corrected chi connectivity index (χ3v) is 5.66. The summed E-state index contributed by atoms with van der Waals surface area (Å²) in [6.07, 6.45) is 3.86. The number of nitrogens with two attached hydrogens (primary N) is 1. The van der Waals surface area contributed by atoms with Crippen molar-refractivity contribution in [2.45, 2.75) is 25.7 Å². The van der Waals surface area contributed by atoms with Crippen LogP contribution in [0.25, 0.3) is 10.9 Å². The number of rotatable bonds is 5. The van der Waals surface area contributed by atoms with Crippen LogP contribution in [0.15, 0.2) is 64.7 Å². The van der Waals surface area contributed by atoms with Crippen molar-refractivity contribution in [3.63, 3.8) is 0 Å². The molecule has 0 unspecified atom stereocenters. The number of hydrogen-bond acceptors (Lipinski definition) is 6. The van der Waals surface area contributed by atoms with Crippen molar-refractivity contribution in [1.82, 2.24) is 9.88 Å². The smallest absolute Gasteiger partial charge is 0.115 e. The molecule has 3 N–H and O–H groups in total. The molecule has 1 aromatic heterocycles. The molecular formula is C24H27N5O. The second kappa shape index (κ2) is 9.05. The summed E-state index contributed by atoms with van der Waals surface area (Å²) >= 11 is 0.